The molecule has 1 heterocycles. The van der Waals surface area contributed by atoms with Crippen LogP contribution in [0.25, 0.3) is 11.3 Å². The first kappa shape index (κ1) is 19.2. The molecule has 9 heteroatoms. The Kier molecular flexibility index (Phi) is 5.46. The first-order valence-corrected chi connectivity index (χ1v) is 9.12. The van der Waals surface area contributed by atoms with E-state index in [1.165, 1.54) is 24.3 Å². The molecule has 8 nitrogen and oxygen atoms in total. The zero-order chi connectivity index (χ0) is 20.3. The number of nitro benzene ring substituents is 1. The van der Waals surface area contributed by atoms with Crippen LogP contribution >= 0.6 is 11.3 Å². The number of aryl methyl sites for hydroxylation is 1. The molecule has 3 aromatic rings. The quantitative estimate of drug-likeness (QED) is 0.495. The minimum absolute atomic E-state index is 0.0126. The molecule has 0 saturated carbocycles. The Morgan fingerprint density at radius 1 is 1.11 bits per heavy atom. The SMILES string of the molecule is CC(=O)Nc1ccc(-c2csc(NC(=O)c3cccc(C)c3[N+](=O)[O-])n2)cc1. The Hall–Kier alpha value is -3.59. The molecule has 0 bridgehead atoms. The summed E-state index contributed by atoms with van der Waals surface area (Å²) in [5, 5.41) is 18.7. The predicted molar refractivity (Wildman–Crippen MR) is 108 cm³/mol. The van der Waals surface area contributed by atoms with Crippen molar-refractivity contribution in [2.75, 3.05) is 10.6 Å². The summed E-state index contributed by atoms with van der Waals surface area (Å²) in [7, 11) is 0. The lowest BCUT2D eigenvalue weighted by Crippen LogP contribution is -2.14. The molecule has 0 saturated heterocycles. The zero-order valence-electron chi connectivity index (χ0n) is 15.1. The number of nitrogens with one attached hydrogen (secondary N) is 2. The lowest BCUT2D eigenvalue weighted by molar-refractivity contribution is -0.385. The number of thiazole rings is 1. The molecule has 2 aromatic carbocycles. The van der Waals surface area contributed by atoms with Crippen LogP contribution in [0.5, 0.6) is 0 Å². The van der Waals surface area contributed by atoms with Gasteiger partial charge in [0, 0.05) is 29.1 Å². The number of aromatic nitrogens is 1. The summed E-state index contributed by atoms with van der Waals surface area (Å²) in [6.45, 7) is 3.02. The third-order valence-corrected chi connectivity index (χ3v) is 4.65. The molecule has 0 atom stereocenters. The summed E-state index contributed by atoms with van der Waals surface area (Å²) in [5.74, 6) is -0.742. The normalized spacial score (nSPS) is 10.4. The van der Waals surface area contributed by atoms with E-state index in [-0.39, 0.29) is 17.2 Å². The topological polar surface area (TPSA) is 114 Å². The van der Waals surface area contributed by atoms with Gasteiger partial charge in [0.15, 0.2) is 5.13 Å². The maximum atomic E-state index is 12.5. The van der Waals surface area contributed by atoms with Gasteiger partial charge in [-0.05, 0) is 25.1 Å². The van der Waals surface area contributed by atoms with Gasteiger partial charge >= 0.3 is 0 Å². The largest absolute Gasteiger partial charge is 0.326 e. The number of amides is 2. The summed E-state index contributed by atoms with van der Waals surface area (Å²) < 4.78 is 0. The van der Waals surface area contributed by atoms with Crippen LogP contribution in [0.15, 0.2) is 47.8 Å². The monoisotopic (exact) mass is 396 g/mol. The molecule has 0 aliphatic rings. The lowest BCUT2D eigenvalue weighted by Gasteiger charge is -2.05. The molecule has 0 fully saturated rings. The fraction of sp³-hybridized carbons (Fsp3) is 0.105. The van der Waals surface area contributed by atoms with E-state index in [2.05, 4.69) is 15.6 Å². The highest BCUT2D eigenvalue weighted by molar-refractivity contribution is 7.14. The van der Waals surface area contributed by atoms with Gasteiger partial charge in [0.2, 0.25) is 5.91 Å². The Balaban J connectivity index is 1.78. The first-order valence-electron chi connectivity index (χ1n) is 8.24. The Bertz CT molecular complexity index is 1060. The molecule has 3 rings (SSSR count). The number of para-hydroxylation sites is 1. The summed E-state index contributed by atoms with van der Waals surface area (Å²) in [5.41, 5.74) is 2.32. The smallest absolute Gasteiger partial charge is 0.285 e. The van der Waals surface area contributed by atoms with E-state index in [0.717, 1.165) is 5.56 Å². The molecule has 0 spiro atoms. The number of benzene rings is 2. The average molecular weight is 396 g/mol. The van der Waals surface area contributed by atoms with Crippen LogP contribution in [0, 0.1) is 17.0 Å². The standard InChI is InChI=1S/C19H16N4O4S/c1-11-4-3-5-15(17(11)23(26)27)18(25)22-19-21-16(10-28-19)13-6-8-14(9-7-13)20-12(2)24/h3-10H,1-2H3,(H,20,24)(H,21,22,25). The fourth-order valence-corrected chi connectivity index (χ4v) is 3.36. The number of anilines is 2. The van der Waals surface area contributed by atoms with Gasteiger partial charge in [0.25, 0.3) is 11.6 Å². The van der Waals surface area contributed by atoms with Crippen LogP contribution in [0.1, 0.15) is 22.8 Å². The molecular formula is C19H16N4O4S. The third kappa shape index (κ3) is 4.21. The van der Waals surface area contributed by atoms with Gasteiger partial charge in [-0.1, -0.05) is 24.3 Å². The van der Waals surface area contributed by atoms with Crippen molar-refractivity contribution in [3.8, 4) is 11.3 Å². The molecule has 1 aromatic heterocycles. The van der Waals surface area contributed by atoms with Crippen LogP contribution in [0.3, 0.4) is 0 Å². The molecule has 2 N–H and O–H groups in total. The highest BCUT2D eigenvalue weighted by atomic mass is 32.1. The summed E-state index contributed by atoms with van der Waals surface area (Å²) in [6, 6.07) is 11.7. The number of nitro groups is 1. The van der Waals surface area contributed by atoms with Crippen molar-refractivity contribution in [2.24, 2.45) is 0 Å². The maximum Gasteiger partial charge on any atom is 0.285 e. The Morgan fingerprint density at radius 2 is 1.82 bits per heavy atom. The summed E-state index contributed by atoms with van der Waals surface area (Å²) >= 11 is 1.22. The van der Waals surface area contributed by atoms with Crippen molar-refractivity contribution in [1.82, 2.24) is 4.98 Å². The van der Waals surface area contributed by atoms with Crippen molar-refractivity contribution < 1.29 is 14.5 Å². The number of hydrogen-bond acceptors (Lipinski definition) is 6. The molecular weight excluding hydrogens is 380 g/mol. The minimum atomic E-state index is -0.586. The molecule has 28 heavy (non-hydrogen) atoms. The predicted octanol–water partition coefficient (Wildman–Crippen LogP) is 4.24. The van der Waals surface area contributed by atoms with Crippen LogP contribution in [0.4, 0.5) is 16.5 Å². The van der Waals surface area contributed by atoms with Crippen molar-refractivity contribution >= 4 is 39.7 Å². The van der Waals surface area contributed by atoms with Gasteiger partial charge in [-0.3, -0.25) is 25.0 Å². The van der Waals surface area contributed by atoms with Gasteiger partial charge in [-0.15, -0.1) is 11.3 Å². The molecule has 0 aliphatic heterocycles. The summed E-state index contributed by atoms with van der Waals surface area (Å²) in [4.78, 5) is 38.6. The van der Waals surface area contributed by atoms with Crippen molar-refractivity contribution in [2.45, 2.75) is 13.8 Å². The van der Waals surface area contributed by atoms with Crippen molar-refractivity contribution in [3.63, 3.8) is 0 Å². The number of carbonyl (C=O) groups excluding carboxylic acids is 2. The van der Waals surface area contributed by atoms with Crippen molar-refractivity contribution in [3.05, 3.63) is 69.1 Å². The van der Waals surface area contributed by atoms with E-state index in [4.69, 9.17) is 0 Å². The van der Waals surface area contributed by atoms with Gasteiger partial charge in [-0.2, -0.15) is 0 Å². The van der Waals surface area contributed by atoms with E-state index < -0.39 is 10.8 Å². The molecule has 0 aliphatic carbocycles. The van der Waals surface area contributed by atoms with Crippen molar-refractivity contribution in [1.29, 1.82) is 0 Å². The van der Waals surface area contributed by atoms with Crippen LogP contribution in [0.2, 0.25) is 0 Å². The number of hydrogen-bond donors (Lipinski definition) is 2. The minimum Gasteiger partial charge on any atom is -0.326 e. The fourth-order valence-electron chi connectivity index (χ4n) is 2.64. The van der Waals surface area contributed by atoms with E-state index in [1.807, 2.05) is 0 Å². The number of carbonyl (C=O) groups is 2. The first-order chi connectivity index (χ1) is 13.3. The van der Waals surface area contributed by atoms with Crippen LogP contribution in [-0.2, 0) is 4.79 Å². The van der Waals surface area contributed by atoms with E-state index in [9.17, 15) is 19.7 Å². The molecule has 142 valence electrons. The van der Waals surface area contributed by atoms with Gasteiger partial charge < -0.3 is 5.32 Å². The van der Waals surface area contributed by atoms with E-state index >= 15 is 0 Å². The van der Waals surface area contributed by atoms with Crippen LogP contribution < -0.4 is 10.6 Å². The second kappa shape index (κ2) is 7.97. The second-order valence-electron chi connectivity index (χ2n) is 5.98. The second-order valence-corrected chi connectivity index (χ2v) is 6.84. The van der Waals surface area contributed by atoms with Gasteiger partial charge in [-0.25, -0.2) is 4.98 Å². The Morgan fingerprint density at radius 3 is 2.46 bits per heavy atom. The molecule has 2 amide bonds. The summed E-state index contributed by atoms with van der Waals surface area (Å²) in [6.07, 6.45) is 0. The highest BCUT2D eigenvalue weighted by Gasteiger charge is 2.23. The highest BCUT2D eigenvalue weighted by Crippen LogP contribution is 2.28. The molecule has 0 unspecified atom stereocenters. The maximum absolute atomic E-state index is 12.5. The number of rotatable bonds is 5. The van der Waals surface area contributed by atoms with Crippen LogP contribution in [-0.4, -0.2) is 21.7 Å². The lowest BCUT2D eigenvalue weighted by atomic mass is 10.1. The zero-order valence-corrected chi connectivity index (χ0v) is 15.9. The van der Waals surface area contributed by atoms with E-state index in [1.54, 1.807) is 48.7 Å². The van der Waals surface area contributed by atoms with Gasteiger partial charge in [0.1, 0.15) is 5.56 Å². The average Bonchev–Trinajstić information content (AvgIpc) is 3.09. The number of nitrogens with zero attached hydrogens (tertiary/aromatic N) is 2. The third-order valence-electron chi connectivity index (χ3n) is 3.89. The van der Waals surface area contributed by atoms with Gasteiger partial charge in [0.05, 0.1) is 10.6 Å². The van der Waals surface area contributed by atoms with E-state index in [0.29, 0.717) is 22.1 Å². The molecule has 0 radical (unpaired) electrons. The Labute approximate surface area is 164 Å².